The summed E-state index contributed by atoms with van der Waals surface area (Å²) < 4.78 is 31.3. The number of halogens is 2. The SMILES string of the molecule is CCOc1ccc(N2C(=O)NC(=O)/C(=C\c3cc(I)c(OCc4cccc(F)c4)c(OCC)c3)C2=O)cc1. The van der Waals surface area contributed by atoms with Crippen LogP contribution in [0.1, 0.15) is 25.0 Å². The predicted octanol–water partition coefficient (Wildman–Crippen LogP) is 5.47. The van der Waals surface area contributed by atoms with Gasteiger partial charge < -0.3 is 14.2 Å². The molecule has 0 atom stereocenters. The van der Waals surface area contributed by atoms with Gasteiger partial charge in [0.2, 0.25) is 0 Å². The quantitative estimate of drug-likeness (QED) is 0.192. The number of barbiturate groups is 1. The lowest BCUT2D eigenvalue weighted by Gasteiger charge is -2.26. The van der Waals surface area contributed by atoms with E-state index in [-0.39, 0.29) is 18.0 Å². The molecule has 10 heteroatoms. The van der Waals surface area contributed by atoms with E-state index < -0.39 is 17.8 Å². The standard InChI is InChI=1S/C28H24FIN2O6/c1-3-36-21-10-8-20(9-11-21)32-27(34)22(26(33)31-28(32)35)13-18-14-23(30)25(24(15-18)37-4-2)38-16-17-6-5-7-19(29)12-17/h5-15H,3-4,16H2,1-2H3,(H,31,33,35)/b22-13+. The number of amides is 4. The van der Waals surface area contributed by atoms with Crippen LogP contribution in [-0.4, -0.2) is 31.1 Å². The summed E-state index contributed by atoms with van der Waals surface area (Å²) in [5, 5.41) is 2.22. The third-order valence-corrected chi connectivity index (χ3v) is 6.22. The van der Waals surface area contributed by atoms with Crippen molar-refractivity contribution in [2.75, 3.05) is 18.1 Å². The molecule has 4 rings (SSSR count). The minimum atomic E-state index is -0.841. The van der Waals surface area contributed by atoms with Gasteiger partial charge in [-0.3, -0.25) is 14.9 Å². The molecule has 0 aliphatic carbocycles. The molecule has 1 heterocycles. The molecule has 1 aliphatic rings. The Hall–Kier alpha value is -3.93. The van der Waals surface area contributed by atoms with Crippen LogP contribution in [0, 0.1) is 9.39 Å². The molecule has 0 bridgehead atoms. The maximum atomic E-state index is 13.5. The maximum absolute atomic E-state index is 13.5. The van der Waals surface area contributed by atoms with E-state index in [0.717, 1.165) is 4.90 Å². The van der Waals surface area contributed by atoms with Gasteiger partial charge in [-0.05, 0) is 102 Å². The van der Waals surface area contributed by atoms with Gasteiger partial charge in [0.25, 0.3) is 11.8 Å². The fourth-order valence-electron chi connectivity index (χ4n) is 3.77. The van der Waals surface area contributed by atoms with Crippen LogP contribution in [0.4, 0.5) is 14.9 Å². The van der Waals surface area contributed by atoms with Crippen LogP contribution in [-0.2, 0) is 16.2 Å². The molecule has 0 saturated carbocycles. The molecule has 1 fully saturated rings. The molecular weight excluding hydrogens is 606 g/mol. The molecule has 1 saturated heterocycles. The molecule has 0 unspecified atom stereocenters. The molecule has 0 radical (unpaired) electrons. The normalized spacial score (nSPS) is 14.5. The summed E-state index contributed by atoms with van der Waals surface area (Å²) in [6, 6.07) is 15.0. The highest BCUT2D eigenvalue weighted by molar-refractivity contribution is 14.1. The summed E-state index contributed by atoms with van der Waals surface area (Å²) in [5.41, 5.74) is 1.22. The van der Waals surface area contributed by atoms with Crippen molar-refractivity contribution in [2.24, 2.45) is 0 Å². The van der Waals surface area contributed by atoms with E-state index in [0.29, 0.717) is 50.8 Å². The van der Waals surface area contributed by atoms with Gasteiger partial charge in [0.05, 0.1) is 22.5 Å². The lowest BCUT2D eigenvalue weighted by atomic mass is 10.1. The average molecular weight is 630 g/mol. The van der Waals surface area contributed by atoms with Gasteiger partial charge in [-0.25, -0.2) is 14.1 Å². The van der Waals surface area contributed by atoms with E-state index in [2.05, 4.69) is 27.9 Å². The van der Waals surface area contributed by atoms with Crippen LogP contribution in [0.2, 0.25) is 0 Å². The zero-order chi connectivity index (χ0) is 27.2. The summed E-state index contributed by atoms with van der Waals surface area (Å²) in [6.07, 6.45) is 1.40. The highest BCUT2D eigenvalue weighted by atomic mass is 127. The largest absolute Gasteiger partial charge is 0.494 e. The second kappa shape index (κ2) is 12.1. The number of nitrogens with zero attached hydrogens (tertiary/aromatic N) is 1. The number of urea groups is 1. The molecule has 0 aromatic heterocycles. The van der Waals surface area contributed by atoms with Gasteiger partial charge >= 0.3 is 6.03 Å². The number of imide groups is 2. The minimum Gasteiger partial charge on any atom is -0.494 e. The molecule has 1 N–H and O–H groups in total. The molecule has 196 valence electrons. The fraction of sp³-hybridized carbons (Fsp3) is 0.179. The number of carbonyl (C=O) groups is 3. The molecular formula is C28H24FIN2O6. The third kappa shape index (κ3) is 6.13. The number of nitrogens with one attached hydrogen (secondary N) is 1. The van der Waals surface area contributed by atoms with E-state index >= 15 is 0 Å². The number of ether oxygens (including phenoxy) is 3. The zero-order valence-electron chi connectivity index (χ0n) is 20.6. The van der Waals surface area contributed by atoms with Crippen LogP contribution < -0.4 is 24.4 Å². The predicted molar refractivity (Wildman–Crippen MR) is 148 cm³/mol. The first-order chi connectivity index (χ1) is 18.3. The van der Waals surface area contributed by atoms with Crippen LogP contribution >= 0.6 is 22.6 Å². The van der Waals surface area contributed by atoms with Crippen molar-refractivity contribution in [3.05, 3.63) is 86.8 Å². The van der Waals surface area contributed by atoms with Gasteiger partial charge in [-0.15, -0.1) is 0 Å². The smallest absolute Gasteiger partial charge is 0.335 e. The second-order valence-corrected chi connectivity index (χ2v) is 9.23. The van der Waals surface area contributed by atoms with Gasteiger partial charge in [-0.2, -0.15) is 0 Å². The first-order valence-electron chi connectivity index (χ1n) is 11.8. The number of rotatable bonds is 9. The van der Waals surface area contributed by atoms with Crippen molar-refractivity contribution in [1.29, 1.82) is 0 Å². The third-order valence-electron chi connectivity index (χ3n) is 5.42. The Morgan fingerprint density at radius 2 is 1.68 bits per heavy atom. The Bertz CT molecular complexity index is 1410. The van der Waals surface area contributed by atoms with E-state index in [1.54, 1.807) is 48.5 Å². The summed E-state index contributed by atoms with van der Waals surface area (Å²) >= 11 is 2.06. The molecule has 3 aromatic carbocycles. The van der Waals surface area contributed by atoms with Gasteiger partial charge in [0.1, 0.15) is 23.7 Å². The lowest BCUT2D eigenvalue weighted by molar-refractivity contribution is -0.122. The van der Waals surface area contributed by atoms with Crippen molar-refractivity contribution in [1.82, 2.24) is 5.32 Å². The van der Waals surface area contributed by atoms with Crippen LogP contribution in [0.3, 0.4) is 0 Å². The van der Waals surface area contributed by atoms with Crippen molar-refractivity contribution in [2.45, 2.75) is 20.5 Å². The lowest BCUT2D eigenvalue weighted by Crippen LogP contribution is -2.54. The van der Waals surface area contributed by atoms with Gasteiger partial charge in [0.15, 0.2) is 11.5 Å². The molecule has 0 spiro atoms. The maximum Gasteiger partial charge on any atom is 0.335 e. The molecule has 8 nitrogen and oxygen atoms in total. The van der Waals surface area contributed by atoms with Crippen LogP contribution in [0.25, 0.3) is 6.08 Å². The number of hydrogen-bond acceptors (Lipinski definition) is 6. The average Bonchev–Trinajstić information content (AvgIpc) is 2.87. The van der Waals surface area contributed by atoms with Crippen LogP contribution in [0.5, 0.6) is 17.2 Å². The minimum absolute atomic E-state index is 0.119. The molecule has 4 amide bonds. The van der Waals surface area contributed by atoms with E-state index in [1.807, 2.05) is 13.8 Å². The topological polar surface area (TPSA) is 94.2 Å². The number of benzene rings is 3. The first kappa shape index (κ1) is 27.1. The van der Waals surface area contributed by atoms with Gasteiger partial charge in [-0.1, -0.05) is 12.1 Å². The molecule has 3 aromatic rings. The van der Waals surface area contributed by atoms with E-state index in [9.17, 15) is 18.8 Å². The summed E-state index contributed by atoms with van der Waals surface area (Å²) in [7, 11) is 0. The second-order valence-electron chi connectivity index (χ2n) is 8.07. The van der Waals surface area contributed by atoms with Crippen molar-refractivity contribution >= 4 is 52.2 Å². The Labute approximate surface area is 232 Å². The fourth-order valence-corrected chi connectivity index (χ4v) is 4.55. The Morgan fingerprint density at radius 3 is 2.37 bits per heavy atom. The number of carbonyl (C=O) groups excluding carboxylic acids is 3. The summed E-state index contributed by atoms with van der Waals surface area (Å²) in [6.45, 7) is 4.59. The Morgan fingerprint density at radius 1 is 0.947 bits per heavy atom. The summed E-state index contributed by atoms with van der Waals surface area (Å²) in [4.78, 5) is 39.3. The molecule has 38 heavy (non-hydrogen) atoms. The van der Waals surface area contributed by atoms with Gasteiger partial charge in [0, 0.05) is 0 Å². The van der Waals surface area contributed by atoms with E-state index in [1.165, 1.54) is 18.2 Å². The highest BCUT2D eigenvalue weighted by Crippen LogP contribution is 2.36. The number of anilines is 1. The van der Waals surface area contributed by atoms with Crippen molar-refractivity contribution in [3.8, 4) is 17.2 Å². The highest BCUT2D eigenvalue weighted by Gasteiger charge is 2.37. The summed E-state index contributed by atoms with van der Waals surface area (Å²) in [5.74, 6) is -0.495. The van der Waals surface area contributed by atoms with Crippen LogP contribution in [0.15, 0.2) is 66.2 Å². The zero-order valence-corrected chi connectivity index (χ0v) is 22.8. The number of hydrogen-bond donors (Lipinski definition) is 1. The van der Waals surface area contributed by atoms with E-state index in [4.69, 9.17) is 14.2 Å². The Kier molecular flexibility index (Phi) is 8.62. The molecule has 1 aliphatic heterocycles. The monoisotopic (exact) mass is 630 g/mol. The Balaban J connectivity index is 1.63. The van der Waals surface area contributed by atoms with Crippen molar-refractivity contribution in [3.63, 3.8) is 0 Å². The first-order valence-corrected chi connectivity index (χ1v) is 12.9. The van der Waals surface area contributed by atoms with Crippen molar-refractivity contribution < 1.29 is 33.0 Å².